The van der Waals surface area contributed by atoms with Crippen LogP contribution < -0.4 is 16.8 Å². The number of hydrogen-bond acceptors (Lipinski definition) is 5. The van der Waals surface area contributed by atoms with Gasteiger partial charge in [0.2, 0.25) is 5.91 Å². The lowest BCUT2D eigenvalue weighted by Gasteiger charge is -2.10. The Balaban J connectivity index is 3.74. The highest BCUT2D eigenvalue weighted by molar-refractivity contribution is 7.85. The monoisotopic (exact) mass is 239 g/mol. The smallest absolute Gasteiger partial charge is 0.266 e. The minimum atomic E-state index is -4.04. The largest absolute Gasteiger partial charge is 0.354 e. The second-order valence-corrected chi connectivity index (χ2v) is 4.69. The van der Waals surface area contributed by atoms with Gasteiger partial charge in [0.15, 0.2) is 0 Å². The lowest BCUT2D eigenvalue weighted by Crippen LogP contribution is -2.42. The van der Waals surface area contributed by atoms with E-state index in [4.69, 9.17) is 16.0 Å². The quantitative estimate of drug-likeness (QED) is 0.381. The van der Waals surface area contributed by atoms with E-state index in [9.17, 15) is 13.2 Å². The van der Waals surface area contributed by atoms with Gasteiger partial charge in [0.05, 0.1) is 11.8 Å². The van der Waals surface area contributed by atoms with Gasteiger partial charge in [0, 0.05) is 6.54 Å². The number of carbonyl (C=O) groups is 1. The summed E-state index contributed by atoms with van der Waals surface area (Å²) in [6.07, 6.45) is 1.08. The average molecular weight is 239 g/mol. The Morgan fingerprint density at radius 2 is 2.07 bits per heavy atom. The molecule has 0 bridgehead atoms. The maximum atomic E-state index is 11.2. The van der Waals surface area contributed by atoms with Crippen LogP contribution in [0.1, 0.15) is 12.8 Å². The highest BCUT2D eigenvalue weighted by atomic mass is 32.2. The molecule has 0 saturated carbocycles. The van der Waals surface area contributed by atoms with Crippen molar-refractivity contribution in [1.29, 1.82) is 0 Å². The number of nitrogens with one attached hydrogen (secondary N) is 1. The average Bonchev–Trinajstić information content (AvgIpc) is 2.11. The fraction of sp³-hybridized carbons (Fsp3) is 0.857. The van der Waals surface area contributed by atoms with E-state index in [1.165, 1.54) is 0 Å². The van der Waals surface area contributed by atoms with E-state index in [2.05, 4.69) is 5.32 Å². The van der Waals surface area contributed by atoms with Gasteiger partial charge in [-0.15, -0.1) is 0 Å². The van der Waals surface area contributed by atoms with Crippen molar-refractivity contribution in [2.24, 2.45) is 11.5 Å². The molecule has 15 heavy (non-hydrogen) atoms. The Bertz CT molecular complexity index is 291. The van der Waals surface area contributed by atoms with Crippen LogP contribution in [0.25, 0.3) is 0 Å². The third kappa shape index (κ3) is 8.30. The molecule has 0 fully saturated rings. The third-order valence-corrected chi connectivity index (χ3v) is 2.44. The van der Waals surface area contributed by atoms with E-state index in [1.807, 2.05) is 0 Å². The molecule has 7 nitrogen and oxygen atoms in total. The highest BCUT2D eigenvalue weighted by Gasteiger charge is 2.13. The first-order chi connectivity index (χ1) is 6.87. The van der Waals surface area contributed by atoms with Crippen LogP contribution in [0.3, 0.4) is 0 Å². The SMILES string of the molecule is NCCCC(N)C(=O)NCCS(=O)(=O)O. The van der Waals surface area contributed by atoms with Gasteiger partial charge in [0.1, 0.15) is 0 Å². The molecule has 0 aliphatic carbocycles. The molecule has 1 amide bonds. The van der Waals surface area contributed by atoms with Gasteiger partial charge >= 0.3 is 0 Å². The first kappa shape index (κ1) is 14.3. The van der Waals surface area contributed by atoms with E-state index in [1.54, 1.807) is 0 Å². The van der Waals surface area contributed by atoms with Gasteiger partial charge < -0.3 is 16.8 Å². The van der Waals surface area contributed by atoms with Crippen LogP contribution in [0.2, 0.25) is 0 Å². The highest BCUT2D eigenvalue weighted by Crippen LogP contribution is 1.92. The number of nitrogens with two attached hydrogens (primary N) is 2. The summed E-state index contributed by atoms with van der Waals surface area (Å²) >= 11 is 0. The van der Waals surface area contributed by atoms with Crippen LogP contribution in [-0.2, 0) is 14.9 Å². The lowest BCUT2D eigenvalue weighted by molar-refractivity contribution is -0.122. The topological polar surface area (TPSA) is 136 Å². The molecule has 8 heteroatoms. The van der Waals surface area contributed by atoms with Crippen molar-refractivity contribution in [3.8, 4) is 0 Å². The molecular weight excluding hydrogens is 222 g/mol. The van der Waals surface area contributed by atoms with Gasteiger partial charge in [-0.25, -0.2) is 0 Å². The summed E-state index contributed by atoms with van der Waals surface area (Å²) in [5.41, 5.74) is 10.7. The van der Waals surface area contributed by atoms with E-state index in [0.717, 1.165) is 0 Å². The summed E-state index contributed by atoms with van der Waals surface area (Å²) in [4.78, 5) is 11.2. The maximum absolute atomic E-state index is 11.2. The molecule has 0 saturated heterocycles. The first-order valence-corrected chi connectivity index (χ1v) is 6.16. The van der Waals surface area contributed by atoms with Crippen molar-refractivity contribution < 1.29 is 17.8 Å². The molecule has 0 aromatic rings. The first-order valence-electron chi connectivity index (χ1n) is 4.55. The van der Waals surface area contributed by atoms with Crippen molar-refractivity contribution in [3.63, 3.8) is 0 Å². The second-order valence-electron chi connectivity index (χ2n) is 3.11. The molecule has 0 radical (unpaired) electrons. The van der Waals surface area contributed by atoms with Gasteiger partial charge in [-0.2, -0.15) is 8.42 Å². The van der Waals surface area contributed by atoms with E-state index >= 15 is 0 Å². The zero-order chi connectivity index (χ0) is 11.9. The molecule has 0 spiro atoms. The molecule has 1 atom stereocenters. The number of rotatable bonds is 7. The molecule has 90 valence electrons. The van der Waals surface area contributed by atoms with Crippen LogP contribution in [0.4, 0.5) is 0 Å². The zero-order valence-electron chi connectivity index (χ0n) is 8.35. The van der Waals surface area contributed by atoms with E-state index in [0.29, 0.717) is 19.4 Å². The van der Waals surface area contributed by atoms with Gasteiger partial charge in [-0.1, -0.05) is 0 Å². The fourth-order valence-corrected chi connectivity index (χ4v) is 1.26. The van der Waals surface area contributed by atoms with Gasteiger partial charge in [-0.05, 0) is 19.4 Å². The molecular formula is C7H17N3O4S. The Morgan fingerprint density at radius 1 is 1.47 bits per heavy atom. The van der Waals surface area contributed by atoms with Crippen molar-refractivity contribution in [3.05, 3.63) is 0 Å². The van der Waals surface area contributed by atoms with E-state index in [-0.39, 0.29) is 6.54 Å². The standard InChI is InChI=1S/C7H17N3O4S/c8-3-1-2-6(9)7(11)10-4-5-15(12,13)14/h6H,1-5,8-9H2,(H,10,11)(H,12,13,14). The second kappa shape index (κ2) is 6.72. The van der Waals surface area contributed by atoms with Crippen molar-refractivity contribution in [2.45, 2.75) is 18.9 Å². The van der Waals surface area contributed by atoms with Crippen molar-refractivity contribution in [2.75, 3.05) is 18.8 Å². The summed E-state index contributed by atoms with van der Waals surface area (Å²) < 4.78 is 29.0. The molecule has 6 N–H and O–H groups in total. The molecule has 0 aromatic heterocycles. The maximum Gasteiger partial charge on any atom is 0.266 e. The Hall–Kier alpha value is -0.700. The summed E-state index contributed by atoms with van der Waals surface area (Å²) in [6, 6.07) is -0.685. The number of hydrogen-bond donors (Lipinski definition) is 4. The number of carbonyl (C=O) groups excluding carboxylic acids is 1. The molecule has 0 aromatic carbocycles. The van der Waals surface area contributed by atoms with Crippen LogP contribution in [0.5, 0.6) is 0 Å². The zero-order valence-corrected chi connectivity index (χ0v) is 9.16. The fourth-order valence-electron chi connectivity index (χ4n) is 0.903. The number of amides is 1. The Morgan fingerprint density at radius 3 is 2.53 bits per heavy atom. The molecule has 0 aliphatic rings. The molecule has 0 rings (SSSR count). The van der Waals surface area contributed by atoms with Crippen LogP contribution in [0.15, 0.2) is 0 Å². The molecule has 0 heterocycles. The van der Waals surface area contributed by atoms with Crippen LogP contribution in [-0.4, -0.2) is 43.8 Å². The summed E-state index contributed by atoms with van der Waals surface area (Å²) in [5.74, 6) is -0.949. The van der Waals surface area contributed by atoms with Crippen molar-refractivity contribution in [1.82, 2.24) is 5.32 Å². The normalized spacial score (nSPS) is 13.5. The lowest BCUT2D eigenvalue weighted by atomic mass is 10.1. The van der Waals surface area contributed by atoms with Crippen LogP contribution in [0, 0.1) is 0 Å². The summed E-state index contributed by atoms with van der Waals surface area (Å²) in [7, 11) is -4.04. The Labute approximate surface area is 88.9 Å². The molecule has 1 unspecified atom stereocenters. The third-order valence-electron chi connectivity index (χ3n) is 1.72. The van der Waals surface area contributed by atoms with E-state index < -0.39 is 27.8 Å². The van der Waals surface area contributed by atoms with Gasteiger partial charge in [0.25, 0.3) is 10.1 Å². The minimum absolute atomic E-state index is 0.145. The van der Waals surface area contributed by atoms with Crippen LogP contribution >= 0.6 is 0 Å². The summed E-state index contributed by atoms with van der Waals surface area (Å²) in [5, 5.41) is 2.30. The Kier molecular flexibility index (Phi) is 6.41. The summed E-state index contributed by atoms with van der Waals surface area (Å²) in [6.45, 7) is 0.306. The van der Waals surface area contributed by atoms with Gasteiger partial charge in [-0.3, -0.25) is 9.35 Å². The minimum Gasteiger partial charge on any atom is -0.354 e. The predicted molar refractivity (Wildman–Crippen MR) is 55.7 cm³/mol. The van der Waals surface area contributed by atoms with Crippen molar-refractivity contribution >= 4 is 16.0 Å². The molecule has 0 aliphatic heterocycles. The predicted octanol–water partition coefficient (Wildman–Crippen LogP) is -1.94.